The first-order valence-electron chi connectivity index (χ1n) is 7.95. The van der Waals surface area contributed by atoms with Gasteiger partial charge < -0.3 is 14.4 Å². The van der Waals surface area contributed by atoms with Gasteiger partial charge in [-0.15, -0.1) is 0 Å². The Morgan fingerprint density at radius 2 is 1.91 bits per heavy atom. The highest BCUT2D eigenvalue weighted by Gasteiger charge is 2.28. The van der Waals surface area contributed by atoms with Crippen LogP contribution in [-0.4, -0.2) is 43.1 Å². The van der Waals surface area contributed by atoms with E-state index in [9.17, 15) is 9.59 Å². The lowest BCUT2D eigenvalue weighted by Crippen LogP contribution is -2.40. The lowest BCUT2D eigenvalue weighted by molar-refractivity contribution is -0.149. The van der Waals surface area contributed by atoms with Gasteiger partial charge in [-0.25, -0.2) is 0 Å². The molecule has 0 radical (unpaired) electrons. The van der Waals surface area contributed by atoms with Gasteiger partial charge in [-0.05, 0) is 60.8 Å². The maximum atomic E-state index is 12.6. The van der Waals surface area contributed by atoms with Gasteiger partial charge in [0.25, 0.3) is 5.91 Å². The standard InChI is InChI=1S/C17H22BrNO4/c1-3-22-15-6-5-13(11-14(15)18)16(20)19-9-7-12(8-10-19)17(21)23-4-2/h5-6,11-12H,3-4,7-10H2,1-2H3. The van der Waals surface area contributed by atoms with E-state index in [0.29, 0.717) is 44.7 Å². The summed E-state index contributed by atoms with van der Waals surface area (Å²) in [5.74, 6) is 0.468. The summed E-state index contributed by atoms with van der Waals surface area (Å²) in [6.45, 7) is 5.85. The van der Waals surface area contributed by atoms with Crippen molar-refractivity contribution in [2.75, 3.05) is 26.3 Å². The maximum Gasteiger partial charge on any atom is 0.309 e. The van der Waals surface area contributed by atoms with E-state index in [1.807, 2.05) is 6.92 Å². The van der Waals surface area contributed by atoms with Crippen molar-refractivity contribution >= 4 is 27.8 Å². The number of likely N-dealkylation sites (tertiary alicyclic amines) is 1. The number of hydrogen-bond acceptors (Lipinski definition) is 4. The Bertz CT molecular complexity index is 568. The van der Waals surface area contributed by atoms with Crippen LogP contribution in [0.4, 0.5) is 0 Å². The van der Waals surface area contributed by atoms with E-state index in [1.54, 1.807) is 30.0 Å². The highest BCUT2D eigenvalue weighted by atomic mass is 79.9. The Kier molecular flexibility index (Phi) is 6.45. The Morgan fingerprint density at radius 3 is 2.48 bits per heavy atom. The molecular weight excluding hydrogens is 362 g/mol. The first kappa shape index (κ1) is 17.8. The molecule has 1 aromatic rings. The third-order valence-corrected chi connectivity index (χ3v) is 4.50. The van der Waals surface area contributed by atoms with Gasteiger partial charge in [0.15, 0.2) is 0 Å². The highest BCUT2D eigenvalue weighted by molar-refractivity contribution is 9.10. The predicted molar refractivity (Wildman–Crippen MR) is 90.6 cm³/mol. The van der Waals surface area contributed by atoms with Crippen LogP contribution in [0.15, 0.2) is 22.7 Å². The zero-order valence-corrected chi connectivity index (χ0v) is 15.1. The molecule has 0 atom stereocenters. The molecule has 1 saturated heterocycles. The van der Waals surface area contributed by atoms with E-state index in [0.717, 1.165) is 10.2 Å². The van der Waals surface area contributed by atoms with Gasteiger partial charge in [0, 0.05) is 18.7 Å². The molecule has 1 fully saturated rings. The van der Waals surface area contributed by atoms with Crippen molar-refractivity contribution in [3.8, 4) is 5.75 Å². The number of amides is 1. The van der Waals surface area contributed by atoms with Crippen LogP contribution >= 0.6 is 15.9 Å². The van der Waals surface area contributed by atoms with Gasteiger partial charge in [-0.3, -0.25) is 9.59 Å². The SMILES string of the molecule is CCOC(=O)C1CCN(C(=O)c2ccc(OCC)c(Br)c2)CC1. The van der Waals surface area contributed by atoms with E-state index in [2.05, 4.69) is 15.9 Å². The maximum absolute atomic E-state index is 12.6. The average Bonchev–Trinajstić information content (AvgIpc) is 2.56. The fraction of sp³-hybridized carbons (Fsp3) is 0.529. The number of esters is 1. The highest BCUT2D eigenvalue weighted by Crippen LogP contribution is 2.27. The van der Waals surface area contributed by atoms with Crippen molar-refractivity contribution in [3.05, 3.63) is 28.2 Å². The van der Waals surface area contributed by atoms with Gasteiger partial charge in [0.2, 0.25) is 0 Å². The number of rotatable bonds is 5. The summed E-state index contributed by atoms with van der Waals surface area (Å²) in [4.78, 5) is 26.1. The molecule has 1 aliphatic heterocycles. The molecule has 0 N–H and O–H groups in total. The average molecular weight is 384 g/mol. The van der Waals surface area contributed by atoms with Gasteiger partial charge in [0.1, 0.15) is 5.75 Å². The third-order valence-electron chi connectivity index (χ3n) is 3.88. The molecule has 0 bridgehead atoms. The molecule has 23 heavy (non-hydrogen) atoms. The van der Waals surface area contributed by atoms with E-state index in [1.165, 1.54) is 0 Å². The molecule has 0 aromatic heterocycles. The summed E-state index contributed by atoms with van der Waals surface area (Å²) in [5.41, 5.74) is 0.620. The van der Waals surface area contributed by atoms with Crippen LogP contribution in [0.1, 0.15) is 37.0 Å². The summed E-state index contributed by atoms with van der Waals surface area (Å²) in [6.07, 6.45) is 1.31. The van der Waals surface area contributed by atoms with Crippen molar-refractivity contribution in [1.29, 1.82) is 0 Å². The summed E-state index contributed by atoms with van der Waals surface area (Å²) < 4.78 is 11.3. The monoisotopic (exact) mass is 383 g/mol. The first-order valence-corrected chi connectivity index (χ1v) is 8.74. The number of carbonyl (C=O) groups excluding carboxylic acids is 2. The number of halogens is 1. The number of carbonyl (C=O) groups is 2. The Balaban J connectivity index is 1.97. The molecule has 2 rings (SSSR count). The van der Waals surface area contributed by atoms with Crippen LogP contribution in [-0.2, 0) is 9.53 Å². The quantitative estimate of drug-likeness (QED) is 0.732. The summed E-state index contributed by atoms with van der Waals surface area (Å²) in [6, 6.07) is 5.35. The molecule has 1 heterocycles. The van der Waals surface area contributed by atoms with Gasteiger partial charge in [-0.1, -0.05) is 0 Å². The van der Waals surface area contributed by atoms with Crippen LogP contribution in [0.3, 0.4) is 0 Å². The molecule has 5 nitrogen and oxygen atoms in total. The molecular formula is C17H22BrNO4. The number of nitrogens with zero attached hydrogens (tertiary/aromatic N) is 1. The minimum Gasteiger partial charge on any atom is -0.493 e. The molecule has 0 spiro atoms. The van der Waals surface area contributed by atoms with Crippen LogP contribution in [0.2, 0.25) is 0 Å². The predicted octanol–water partition coefficient (Wildman–Crippen LogP) is 3.26. The lowest BCUT2D eigenvalue weighted by atomic mass is 9.96. The molecule has 0 saturated carbocycles. The van der Waals surface area contributed by atoms with E-state index in [4.69, 9.17) is 9.47 Å². The fourth-order valence-corrected chi connectivity index (χ4v) is 3.16. The van der Waals surface area contributed by atoms with Crippen molar-refractivity contribution < 1.29 is 19.1 Å². The lowest BCUT2D eigenvalue weighted by Gasteiger charge is -2.31. The van der Waals surface area contributed by atoms with Crippen LogP contribution < -0.4 is 4.74 Å². The topological polar surface area (TPSA) is 55.8 Å². The third kappa shape index (κ3) is 4.47. The normalized spacial score (nSPS) is 15.3. The second kappa shape index (κ2) is 8.34. The zero-order valence-electron chi connectivity index (χ0n) is 13.5. The number of ether oxygens (including phenoxy) is 2. The van der Waals surface area contributed by atoms with Crippen LogP contribution in [0, 0.1) is 5.92 Å². The number of piperidine rings is 1. The van der Waals surface area contributed by atoms with Crippen molar-refractivity contribution in [2.24, 2.45) is 5.92 Å². The smallest absolute Gasteiger partial charge is 0.309 e. The van der Waals surface area contributed by atoms with Crippen molar-refractivity contribution in [3.63, 3.8) is 0 Å². The molecule has 6 heteroatoms. The van der Waals surface area contributed by atoms with Gasteiger partial charge >= 0.3 is 5.97 Å². The minimum absolute atomic E-state index is 0.0175. The zero-order chi connectivity index (χ0) is 16.8. The molecule has 1 aliphatic rings. The Hall–Kier alpha value is -1.56. The van der Waals surface area contributed by atoms with E-state index in [-0.39, 0.29) is 17.8 Å². The second-order valence-corrected chi connectivity index (χ2v) is 6.25. The van der Waals surface area contributed by atoms with Gasteiger partial charge in [-0.2, -0.15) is 0 Å². The summed E-state index contributed by atoms with van der Waals surface area (Å²) in [5, 5.41) is 0. The molecule has 0 aliphatic carbocycles. The molecule has 1 amide bonds. The van der Waals surface area contributed by atoms with Crippen LogP contribution in [0.25, 0.3) is 0 Å². The number of hydrogen-bond donors (Lipinski definition) is 0. The first-order chi connectivity index (χ1) is 11.1. The van der Waals surface area contributed by atoms with Crippen molar-refractivity contribution in [1.82, 2.24) is 4.90 Å². The largest absolute Gasteiger partial charge is 0.493 e. The minimum atomic E-state index is -0.150. The second-order valence-electron chi connectivity index (χ2n) is 5.40. The summed E-state index contributed by atoms with van der Waals surface area (Å²) in [7, 11) is 0. The van der Waals surface area contributed by atoms with Crippen LogP contribution in [0.5, 0.6) is 5.75 Å². The Morgan fingerprint density at radius 1 is 1.22 bits per heavy atom. The molecule has 1 aromatic carbocycles. The van der Waals surface area contributed by atoms with E-state index >= 15 is 0 Å². The van der Waals surface area contributed by atoms with Gasteiger partial charge in [0.05, 0.1) is 23.6 Å². The van der Waals surface area contributed by atoms with E-state index < -0.39 is 0 Å². The molecule has 0 unspecified atom stereocenters. The van der Waals surface area contributed by atoms with Crippen molar-refractivity contribution in [2.45, 2.75) is 26.7 Å². The number of benzene rings is 1. The fourth-order valence-electron chi connectivity index (χ4n) is 2.67. The molecule has 126 valence electrons. The summed E-state index contributed by atoms with van der Waals surface area (Å²) >= 11 is 3.43. The Labute approximate surface area is 145 Å².